The summed E-state index contributed by atoms with van der Waals surface area (Å²) < 4.78 is 28.1. The van der Waals surface area contributed by atoms with Crippen LogP contribution in [0.2, 0.25) is 0 Å². The Morgan fingerprint density at radius 3 is 2.75 bits per heavy atom. The smallest absolute Gasteiger partial charge is 0.244 e. The van der Waals surface area contributed by atoms with Crippen molar-refractivity contribution in [3.8, 4) is 0 Å². The minimum Gasteiger partial charge on any atom is -0.326 e. The van der Waals surface area contributed by atoms with Gasteiger partial charge in [-0.3, -0.25) is 4.98 Å². The van der Waals surface area contributed by atoms with Crippen LogP contribution in [-0.2, 0) is 10.0 Å². The van der Waals surface area contributed by atoms with Crippen molar-refractivity contribution in [3.63, 3.8) is 0 Å². The molecule has 1 aromatic heterocycles. The van der Waals surface area contributed by atoms with E-state index in [4.69, 9.17) is 5.73 Å². The van der Waals surface area contributed by atoms with Crippen LogP contribution in [0.4, 0.5) is 0 Å². The second kappa shape index (κ2) is 7.35. The molecule has 24 heavy (non-hydrogen) atoms. The number of pyridine rings is 1. The Bertz CT molecular complexity index is 824. The van der Waals surface area contributed by atoms with Crippen LogP contribution in [0.25, 0.3) is 10.9 Å². The molecule has 132 valence electrons. The van der Waals surface area contributed by atoms with Crippen molar-refractivity contribution in [2.45, 2.75) is 50.1 Å². The van der Waals surface area contributed by atoms with E-state index in [1.165, 1.54) is 0 Å². The fourth-order valence-electron chi connectivity index (χ4n) is 3.39. The molecule has 1 aliphatic rings. The molecule has 0 aliphatic carbocycles. The molecule has 3 rings (SSSR count). The van der Waals surface area contributed by atoms with Crippen LogP contribution in [0, 0.1) is 6.92 Å². The van der Waals surface area contributed by atoms with Crippen molar-refractivity contribution < 1.29 is 8.42 Å². The van der Waals surface area contributed by atoms with Crippen LogP contribution >= 0.6 is 12.4 Å². The normalized spacial score (nSPS) is 20.5. The molecule has 2 unspecified atom stereocenters. The molecular formula is C17H24ClN3O2S. The summed E-state index contributed by atoms with van der Waals surface area (Å²) in [4.78, 5) is 4.68. The van der Waals surface area contributed by atoms with Gasteiger partial charge in [0, 0.05) is 30.2 Å². The Hall–Kier alpha value is -1.21. The van der Waals surface area contributed by atoms with Gasteiger partial charge in [0.2, 0.25) is 10.0 Å². The van der Waals surface area contributed by atoms with Gasteiger partial charge in [-0.2, -0.15) is 4.31 Å². The molecule has 1 aromatic carbocycles. The highest BCUT2D eigenvalue weighted by molar-refractivity contribution is 7.89. The first-order chi connectivity index (χ1) is 10.9. The number of fused-ring (bicyclic) bond motifs is 1. The van der Waals surface area contributed by atoms with Crippen molar-refractivity contribution in [3.05, 3.63) is 36.0 Å². The molecule has 5 nitrogen and oxygen atoms in total. The fraction of sp³-hybridized carbons (Fsp3) is 0.471. The third-order valence-electron chi connectivity index (χ3n) is 4.62. The van der Waals surface area contributed by atoms with E-state index < -0.39 is 10.0 Å². The van der Waals surface area contributed by atoms with E-state index in [0.717, 1.165) is 30.3 Å². The average molecular weight is 370 g/mol. The molecule has 2 atom stereocenters. The number of hydrogen-bond acceptors (Lipinski definition) is 4. The number of sulfonamides is 1. The Labute approximate surface area is 149 Å². The molecule has 0 radical (unpaired) electrons. The van der Waals surface area contributed by atoms with Crippen LogP contribution < -0.4 is 5.73 Å². The van der Waals surface area contributed by atoms with Crippen LogP contribution in [0.5, 0.6) is 0 Å². The van der Waals surface area contributed by atoms with Gasteiger partial charge in [-0.15, -0.1) is 12.4 Å². The number of benzene rings is 1. The number of halogens is 1. The van der Waals surface area contributed by atoms with Crippen molar-refractivity contribution >= 4 is 33.3 Å². The summed E-state index contributed by atoms with van der Waals surface area (Å²) in [5, 5.41) is 0.682. The summed E-state index contributed by atoms with van der Waals surface area (Å²) in [6, 6.07) is 6.81. The minimum absolute atomic E-state index is 0. The summed E-state index contributed by atoms with van der Waals surface area (Å²) in [7, 11) is -3.59. The zero-order valence-electron chi connectivity index (χ0n) is 14.0. The van der Waals surface area contributed by atoms with Gasteiger partial charge in [0.1, 0.15) is 0 Å². The first-order valence-corrected chi connectivity index (χ1v) is 9.48. The van der Waals surface area contributed by atoms with Crippen LogP contribution in [0.15, 0.2) is 35.4 Å². The maximum Gasteiger partial charge on any atom is 0.244 e. The van der Waals surface area contributed by atoms with Gasteiger partial charge in [0.05, 0.1) is 10.4 Å². The largest absolute Gasteiger partial charge is 0.326 e. The monoisotopic (exact) mass is 369 g/mol. The summed E-state index contributed by atoms with van der Waals surface area (Å²) in [6.45, 7) is 4.36. The fourth-order valence-corrected chi connectivity index (χ4v) is 5.35. The Morgan fingerprint density at radius 1 is 1.29 bits per heavy atom. The standard InChI is InChI=1S/C17H23N3O2S.ClH/c1-12-8-9-16(14-6-5-10-19-17(12)14)23(21,22)20-11-4-3-7-15(20)13(2)18;/h5-6,8-10,13,15H,3-4,7,11,18H2,1-2H3;1H. The zero-order valence-corrected chi connectivity index (χ0v) is 15.6. The van der Waals surface area contributed by atoms with Crippen molar-refractivity contribution in [2.24, 2.45) is 5.73 Å². The lowest BCUT2D eigenvalue weighted by Crippen LogP contribution is -2.51. The minimum atomic E-state index is -3.59. The summed E-state index contributed by atoms with van der Waals surface area (Å²) >= 11 is 0. The third kappa shape index (κ3) is 3.28. The second-order valence-corrected chi connectivity index (χ2v) is 8.18. The van der Waals surface area contributed by atoms with Crippen LogP contribution in [0.3, 0.4) is 0 Å². The van der Waals surface area contributed by atoms with Gasteiger partial charge < -0.3 is 5.73 Å². The lowest BCUT2D eigenvalue weighted by Gasteiger charge is -2.37. The highest BCUT2D eigenvalue weighted by atomic mass is 35.5. The van der Waals surface area contributed by atoms with Crippen molar-refractivity contribution in [1.29, 1.82) is 0 Å². The topological polar surface area (TPSA) is 76.3 Å². The zero-order chi connectivity index (χ0) is 16.6. The van der Waals surface area contributed by atoms with Crippen molar-refractivity contribution in [1.82, 2.24) is 9.29 Å². The molecule has 1 fully saturated rings. The highest BCUT2D eigenvalue weighted by Crippen LogP contribution is 2.31. The molecule has 2 N–H and O–H groups in total. The summed E-state index contributed by atoms with van der Waals surface area (Å²) in [5.41, 5.74) is 7.76. The third-order valence-corrected chi connectivity index (χ3v) is 6.61. The van der Waals surface area contributed by atoms with E-state index in [9.17, 15) is 8.42 Å². The van der Waals surface area contributed by atoms with E-state index in [1.54, 1.807) is 22.6 Å². The highest BCUT2D eigenvalue weighted by Gasteiger charge is 2.36. The summed E-state index contributed by atoms with van der Waals surface area (Å²) in [6.07, 6.45) is 4.41. The van der Waals surface area contributed by atoms with E-state index in [0.29, 0.717) is 16.8 Å². The molecule has 7 heteroatoms. The molecular weight excluding hydrogens is 346 g/mol. The van der Waals surface area contributed by atoms with Gasteiger partial charge in [-0.25, -0.2) is 8.42 Å². The maximum absolute atomic E-state index is 13.3. The van der Waals surface area contributed by atoms with E-state index >= 15 is 0 Å². The molecule has 1 aliphatic heterocycles. The molecule has 0 bridgehead atoms. The van der Waals surface area contributed by atoms with Gasteiger partial charge >= 0.3 is 0 Å². The molecule has 2 aromatic rings. The lowest BCUT2D eigenvalue weighted by molar-refractivity contribution is 0.227. The Morgan fingerprint density at radius 2 is 2.04 bits per heavy atom. The molecule has 2 heterocycles. The number of piperidine rings is 1. The predicted molar refractivity (Wildman–Crippen MR) is 98.9 cm³/mol. The Kier molecular flexibility index (Phi) is 5.86. The van der Waals surface area contributed by atoms with Gasteiger partial charge in [-0.1, -0.05) is 12.5 Å². The first-order valence-electron chi connectivity index (χ1n) is 8.04. The number of aromatic nitrogens is 1. The number of aryl methyl sites for hydroxylation is 1. The lowest BCUT2D eigenvalue weighted by atomic mass is 10.00. The van der Waals surface area contributed by atoms with Gasteiger partial charge in [0.25, 0.3) is 0 Å². The summed E-state index contributed by atoms with van der Waals surface area (Å²) in [5.74, 6) is 0. The van der Waals surface area contributed by atoms with Gasteiger partial charge in [-0.05, 0) is 50.5 Å². The average Bonchev–Trinajstić information content (AvgIpc) is 2.55. The maximum atomic E-state index is 13.3. The number of nitrogens with zero attached hydrogens (tertiary/aromatic N) is 2. The molecule has 0 spiro atoms. The first kappa shape index (κ1) is 19.1. The van der Waals surface area contributed by atoms with Crippen LogP contribution in [-0.4, -0.2) is 36.3 Å². The Balaban J connectivity index is 0.00000208. The van der Waals surface area contributed by atoms with E-state index in [1.807, 2.05) is 26.0 Å². The van der Waals surface area contributed by atoms with E-state index in [-0.39, 0.29) is 24.5 Å². The molecule has 0 saturated carbocycles. The predicted octanol–water partition coefficient (Wildman–Crippen LogP) is 2.86. The van der Waals surface area contributed by atoms with Crippen LogP contribution in [0.1, 0.15) is 31.7 Å². The molecule has 1 saturated heterocycles. The number of nitrogens with two attached hydrogens (primary N) is 1. The molecule has 0 amide bonds. The van der Waals surface area contributed by atoms with E-state index in [2.05, 4.69) is 4.98 Å². The quantitative estimate of drug-likeness (QED) is 0.902. The second-order valence-electron chi connectivity index (χ2n) is 6.32. The van der Waals surface area contributed by atoms with Gasteiger partial charge in [0.15, 0.2) is 0 Å². The number of rotatable bonds is 3. The number of hydrogen-bond donors (Lipinski definition) is 1. The van der Waals surface area contributed by atoms with Crippen molar-refractivity contribution in [2.75, 3.05) is 6.54 Å². The SMILES string of the molecule is Cc1ccc(S(=O)(=O)N2CCCCC2C(C)N)c2cccnc12.Cl.